The lowest BCUT2D eigenvalue weighted by molar-refractivity contribution is -0.140. The minimum Gasteiger partial charge on any atom is -0.469 e. The summed E-state index contributed by atoms with van der Waals surface area (Å²) >= 11 is 5.33. The van der Waals surface area contributed by atoms with Crippen molar-refractivity contribution in [1.29, 1.82) is 0 Å². The Morgan fingerprint density at radius 2 is 2.04 bits per heavy atom. The summed E-state index contributed by atoms with van der Waals surface area (Å²) in [5.41, 5.74) is 1.06. The number of thiocarbonyl (C=S) groups is 1. The second kappa shape index (κ2) is 8.95. The van der Waals surface area contributed by atoms with Crippen molar-refractivity contribution >= 4 is 23.3 Å². The quantitative estimate of drug-likeness (QED) is 0.462. The summed E-state index contributed by atoms with van der Waals surface area (Å²) in [6.07, 6.45) is 2.66. The van der Waals surface area contributed by atoms with Crippen molar-refractivity contribution in [2.45, 2.75) is 18.9 Å². The van der Waals surface area contributed by atoms with E-state index >= 15 is 0 Å². The van der Waals surface area contributed by atoms with Crippen LogP contribution in [-0.2, 0) is 9.53 Å². The standard InChI is InChI=1S/C17H20N2O3S/c1-21-15(20)10-5-11-18-17(23)19-16(14-9-6-12-22-14)13-7-3-2-4-8-13/h2-4,6-9,12,16H,5,10-11H2,1H3,(H2,18,19,23)/t16-/m0/s1. The van der Waals surface area contributed by atoms with Crippen LogP contribution in [0.4, 0.5) is 0 Å². The highest BCUT2D eigenvalue weighted by atomic mass is 32.1. The Kier molecular flexibility index (Phi) is 6.62. The molecule has 6 heteroatoms. The predicted molar refractivity (Wildman–Crippen MR) is 92.0 cm³/mol. The van der Waals surface area contributed by atoms with Crippen molar-refractivity contribution < 1.29 is 13.9 Å². The molecule has 2 N–H and O–H groups in total. The van der Waals surface area contributed by atoms with Gasteiger partial charge in [0, 0.05) is 13.0 Å². The van der Waals surface area contributed by atoms with Crippen molar-refractivity contribution in [1.82, 2.24) is 10.6 Å². The minimum atomic E-state index is -0.219. The number of esters is 1. The first-order chi connectivity index (χ1) is 11.2. The topological polar surface area (TPSA) is 63.5 Å². The van der Waals surface area contributed by atoms with E-state index in [0.717, 1.165) is 11.3 Å². The molecule has 5 nitrogen and oxygen atoms in total. The van der Waals surface area contributed by atoms with Crippen LogP contribution in [0.2, 0.25) is 0 Å². The van der Waals surface area contributed by atoms with Gasteiger partial charge < -0.3 is 19.8 Å². The Bertz CT molecular complexity index is 614. The van der Waals surface area contributed by atoms with Crippen molar-refractivity contribution in [2.75, 3.05) is 13.7 Å². The molecule has 0 amide bonds. The highest BCUT2D eigenvalue weighted by molar-refractivity contribution is 7.80. The van der Waals surface area contributed by atoms with Crippen LogP contribution in [0, 0.1) is 0 Å². The van der Waals surface area contributed by atoms with Crippen LogP contribution < -0.4 is 10.6 Å². The zero-order valence-corrected chi connectivity index (χ0v) is 13.8. The third kappa shape index (κ3) is 5.41. The molecule has 23 heavy (non-hydrogen) atoms. The van der Waals surface area contributed by atoms with E-state index in [1.807, 2.05) is 42.5 Å². The molecule has 0 saturated carbocycles. The van der Waals surface area contributed by atoms with E-state index in [2.05, 4.69) is 15.4 Å². The fourth-order valence-electron chi connectivity index (χ4n) is 2.14. The van der Waals surface area contributed by atoms with Gasteiger partial charge in [0.25, 0.3) is 0 Å². The second-order valence-corrected chi connectivity index (χ2v) is 5.35. The molecule has 0 fully saturated rings. The predicted octanol–water partition coefficient (Wildman–Crippen LogP) is 2.79. The van der Waals surface area contributed by atoms with Crippen molar-refractivity contribution in [3.05, 3.63) is 60.1 Å². The number of methoxy groups -OCH3 is 1. The molecule has 0 unspecified atom stereocenters. The van der Waals surface area contributed by atoms with Gasteiger partial charge in [0.2, 0.25) is 0 Å². The van der Waals surface area contributed by atoms with E-state index in [0.29, 0.717) is 24.5 Å². The van der Waals surface area contributed by atoms with E-state index in [9.17, 15) is 4.79 Å². The zero-order chi connectivity index (χ0) is 16.5. The number of hydrogen-bond donors (Lipinski definition) is 2. The summed E-state index contributed by atoms with van der Waals surface area (Å²) in [6, 6.07) is 13.5. The SMILES string of the molecule is COC(=O)CCCNC(=S)N[C@@H](c1ccccc1)c1ccco1. The molecule has 0 radical (unpaired) electrons. The van der Waals surface area contributed by atoms with E-state index in [4.69, 9.17) is 16.6 Å². The molecule has 0 aliphatic heterocycles. The van der Waals surface area contributed by atoms with Gasteiger partial charge in [-0.1, -0.05) is 30.3 Å². The number of rotatable bonds is 7. The Morgan fingerprint density at radius 3 is 2.70 bits per heavy atom. The normalized spacial score (nSPS) is 11.5. The Hall–Kier alpha value is -2.34. The van der Waals surface area contributed by atoms with Gasteiger partial charge in [-0.25, -0.2) is 0 Å². The highest BCUT2D eigenvalue weighted by Gasteiger charge is 2.17. The maximum Gasteiger partial charge on any atom is 0.305 e. The largest absolute Gasteiger partial charge is 0.469 e. The van der Waals surface area contributed by atoms with E-state index in [-0.39, 0.29) is 12.0 Å². The zero-order valence-electron chi connectivity index (χ0n) is 13.0. The van der Waals surface area contributed by atoms with Crippen LogP contribution in [0.1, 0.15) is 30.2 Å². The summed E-state index contributed by atoms with van der Waals surface area (Å²) in [6.45, 7) is 0.598. The maximum absolute atomic E-state index is 11.1. The van der Waals surface area contributed by atoms with Gasteiger partial charge in [-0.05, 0) is 36.3 Å². The second-order valence-electron chi connectivity index (χ2n) is 4.94. The fraction of sp³-hybridized carbons (Fsp3) is 0.294. The average molecular weight is 332 g/mol. The molecule has 0 aliphatic carbocycles. The summed E-state index contributed by atoms with van der Waals surface area (Å²) < 4.78 is 10.1. The van der Waals surface area contributed by atoms with Crippen LogP contribution in [0.15, 0.2) is 53.1 Å². The van der Waals surface area contributed by atoms with Crippen molar-refractivity contribution in [3.8, 4) is 0 Å². The maximum atomic E-state index is 11.1. The Balaban J connectivity index is 1.91. The first kappa shape index (κ1) is 17.0. The van der Waals surface area contributed by atoms with Crippen molar-refractivity contribution in [3.63, 3.8) is 0 Å². The summed E-state index contributed by atoms with van der Waals surface area (Å²) in [5.74, 6) is 0.568. The van der Waals surface area contributed by atoms with Crippen LogP contribution in [0.25, 0.3) is 0 Å². The number of ether oxygens (including phenoxy) is 1. The van der Waals surface area contributed by atoms with Gasteiger partial charge in [-0.3, -0.25) is 4.79 Å². The Morgan fingerprint density at radius 1 is 1.26 bits per heavy atom. The molecule has 0 saturated heterocycles. The molecule has 1 aromatic heterocycles. The monoisotopic (exact) mass is 332 g/mol. The molecule has 0 aliphatic rings. The molecule has 122 valence electrons. The van der Waals surface area contributed by atoms with Crippen molar-refractivity contribution in [2.24, 2.45) is 0 Å². The Labute approximate surface area is 141 Å². The smallest absolute Gasteiger partial charge is 0.305 e. The van der Waals surface area contributed by atoms with Gasteiger partial charge in [0.05, 0.1) is 13.4 Å². The molecule has 1 heterocycles. The number of nitrogens with one attached hydrogen (secondary N) is 2. The molecule has 2 aromatic rings. The summed E-state index contributed by atoms with van der Waals surface area (Å²) in [5, 5.41) is 6.86. The lowest BCUT2D eigenvalue weighted by atomic mass is 10.1. The van der Waals surface area contributed by atoms with Crippen LogP contribution in [0.5, 0.6) is 0 Å². The number of hydrogen-bond acceptors (Lipinski definition) is 4. The lowest BCUT2D eigenvalue weighted by Crippen LogP contribution is -2.38. The summed E-state index contributed by atoms with van der Waals surface area (Å²) in [7, 11) is 1.38. The molecule has 0 bridgehead atoms. The molecular formula is C17H20N2O3S. The van der Waals surface area contributed by atoms with E-state index in [1.54, 1.807) is 6.26 Å². The lowest BCUT2D eigenvalue weighted by Gasteiger charge is -2.19. The van der Waals surface area contributed by atoms with Gasteiger partial charge in [0.1, 0.15) is 11.8 Å². The van der Waals surface area contributed by atoms with Gasteiger partial charge >= 0.3 is 5.97 Å². The van der Waals surface area contributed by atoms with Crippen LogP contribution in [0.3, 0.4) is 0 Å². The van der Waals surface area contributed by atoms with Gasteiger partial charge in [-0.2, -0.15) is 0 Å². The van der Waals surface area contributed by atoms with E-state index in [1.165, 1.54) is 7.11 Å². The molecule has 1 aromatic carbocycles. The van der Waals surface area contributed by atoms with Crippen LogP contribution >= 0.6 is 12.2 Å². The molecular weight excluding hydrogens is 312 g/mol. The number of furan rings is 1. The number of carbonyl (C=O) groups is 1. The fourth-order valence-corrected chi connectivity index (χ4v) is 2.36. The molecule has 0 spiro atoms. The summed E-state index contributed by atoms with van der Waals surface area (Å²) in [4.78, 5) is 11.1. The molecule has 1 atom stereocenters. The first-order valence-corrected chi connectivity index (χ1v) is 7.81. The molecule has 2 rings (SSSR count). The van der Waals surface area contributed by atoms with Gasteiger partial charge in [-0.15, -0.1) is 0 Å². The number of carbonyl (C=O) groups excluding carboxylic acids is 1. The third-order valence-corrected chi connectivity index (χ3v) is 3.57. The third-order valence-electron chi connectivity index (χ3n) is 3.31. The minimum absolute atomic E-state index is 0.160. The van der Waals surface area contributed by atoms with Crippen LogP contribution in [-0.4, -0.2) is 24.7 Å². The average Bonchev–Trinajstić information content (AvgIpc) is 3.11. The highest BCUT2D eigenvalue weighted by Crippen LogP contribution is 2.22. The van der Waals surface area contributed by atoms with E-state index < -0.39 is 0 Å². The van der Waals surface area contributed by atoms with Gasteiger partial charge in [0.15, 0.2) is 5.11 Å². The first-order valence-electron chi connectivity index (χ1n) is 7.40. The number of benzene rings is 1.